The van der Waals surface area contributed by atoms with Crippen molar-refractivity contribution in [2.75, 3.05) is 13.2 Å². The highest BCUT2D eigenvalue weighted by Crippen LogP contribution is 2.37. The lowest BCUT2D eigenvalue weighted by molar-refractivity contribution is 0.146. The first-order valence-electron chi connectivity index (χ1n) is 5.79. The Morgan fingerprint density at radius 1 is 1.33 bits per heavy atom. The molecule has 4 nitrogen and oxygen atoms in total. The van der Waals surface area contributed by atoms with Crippen molar-refractivity contribution in [2.45, 2.75) is 12.5 Å². The fourth-order valence-corrected chi connectivity index (χ4v) is 2.64. The molecule has 2 heterocycles. The topological polar surface area (TPSA) is 51.6 Å². The second kappa shape index (κ2) is 4.96. The van der Waals surface area contributed by atoms with Crippen molar-refractivity contribution < 1.29 is 14.6 Å². The number of rotatable bonds is 3. The minimum atomic E-state index is -0.618. The Hall–Kier alpha value is -1.59. The Morgan fingerprint density at radius 3 is 3.06 bits per heavy atom. The molecular formula is C13H13NO3S. The highest BCUT2D eigenvalue weighted by Gasteiger charge is 2.21. The van der Waals surface area contributed by atoms with E-state index in [0.717, 1.165) is 10.6 Å². The lowest BCUT2D eigenvalue weighted by atomic mass is 10.0. The Kier molecular flexibility index (Phi) is 3.17. The van der Waals surface area contributed by atoms with Gasteiger partial charge in [0.2, 0.25) is 0 Å². The van der Waals surface area contributed by atoms with Crippen LogP contribution in [0.4, 0.5) is 0 Å². The lowest BCUT2D eigenvalue weighted by Gasteiger charge is -2.22. The first-order valence-corrected chi connectivity index (χ1v) is 6.67. The Morgan fingerprint density at radius 2 is 2.22 bits per heavy atom. The summed E-state index contributed by atoms with van der Waals surface area (Å²) in [5.74, 6) is 1.37. The lowest BCUT2D eigenvalue weighted by Crippen LogP contribution is -2.17. The SMILES string of the molecule is OC(Cc1nccs1)c1cccc2c1OCCO2. The molecule has 5 heteroatoms. The number of thiazole rings is 1. The molecule has 1 aliphatic rings. The number of benzene rings is 1. The minimum Gasteiger partial charge on any atom is -0.486 e. The maximum absolute atomic E-state index is 10.3. The summed E-state index contributed by atoms with van der Waals surface area (Å²) in [6.45, 7) is 1.08. The van der Waals surface area contributed by atoms with Gasteiger partial charge in [-0.3, -0.25) is 0 Å². The maximum Gasteiger partial charge on any atom is 0.167 e. The van der Waals surface area contributed by atoms with E-state index in [1.807, 2.05) is 23.6 Å². The van der Waals surface area contributed by atoms with Crippen molar-refractivity contribution >= 4 is 11.3 Å². The van der Waals surface area contributed by atoms with Crippen LogP contribution in [0.15, 0.2) is 29.8 Å². The zero-order chi connectivity index (χ0) is 12.4. The van der Waals surface area contributed by atoms with E-state index in [9.17, 15) is 5.11 Å². The van der Waals surface area contributed by atoms with Gasteiger partial charge in [-0.15, -0.1) is 11.3 Å². The molecule has 0 bridgehead atoms. The van der Waals surface area contributed by atoms with Crippen molar-refractivity contribution in [3.8, 4) is 11.5 Å². The largest absolute Gasteiger partial charge is 0.486 e. The predicted molar refractivity (Wildman–Crippen MR) is 68.2 cm³/mol. The number of hydrogen-bond donors (Lipinski definition) is 1. The molecule has 1 atom stereocenters. The van der Waals surface area contributed by atoms with Gasteiger partial charge in [0, 0.05) is 23.6 Å². The summed E-state index contributed by atoms with van der Waals surface area (Å²) in [4.78, 5) is 4.18. The van der Waals surface area contributed by atoms with Crippen LogP contribution in [0.1, 0.15) is 16.7 Å². The predicted octanol–water partition coefficient (Wildman–Crippen LogP) is 2.19. The summed E-state index contributed by atoms with van der Waals surface area (Å²) in [5, 5.41) is 13.1. The van der Waals surface area contributed by atoms with Crippen LogP contribution in [-0.2, 0) is 6.42 Å². The fourth-order valence-electron chi connectivity index (χ4n) is 1.99. The first-order chi connectivity index (χ1) is 8.84. The van der Waals surface area contributed by atoms with E-state index in [1.165, 1.54) is 0 Å². The smallest absolute Gasteiger partial charge is 0.167 e. The molecule has 94 valence electrons. The number of fused-ring (bicyclic) bond motifs is 1. The van der Waals surface area contributed by atoms with Crippen LogP contribution in [0, 0.1) is 0 Å². The minimum absolute atomic E-state index is 0.498. The molecule has 3 rings (SSSR count). The average Bonchev–Trinajstić information content (AvgIpc) is 2.91. The number of nitrogens with zero attached hydrogens (tertiary/aromatic N) is 1. The van der Waals surface area contributed by atoms with Gasteiger partial charge in [-0.1, -0.05) is 12.1 Å². The van der Waals surface area contributed by atoms with Gasteiger partial charge >= 0.3 is 0 Å². The summed E-state index contributed by atoms with van der Waals surface area (Å²) in [6.07, 6.45) is 1.62. The van der Waals surface area contributed by atoms with Gasteiger partial charge in [-0.2, -0.15) is 0 Å². The standard InChI is InChI=1S/C13H13NO3S/c15-10(8-12-14-4-7-18-12)9-2-1-3-11-13(9)17-6-5-16-11/h1-4,7,10,15H,5-6,8H2. The summed E-state index contributed by atoms with van der Waals surface area (Å²) in [6, 6.07) is 5.59. The monoisotopic (exact) mass is 263 g/mol. The second-order valence-electron chi connectivity index (χ2n) is 4.02. The Bertz CT molecular complexity index is 527. The third-order valence-corrected chi connectivity index (χ3v) is 3.61. The van der Waals surface area contributed by atoms with Gasteiger partial charge in [0.05, 0.1) is 11.1 Å². The molecule has 0 radical (unpaired) electrons. The van der Waals surface area contributed by atoms with E-state index in [0.29, 0.717) is 31.1 Å². The third-order valence-electron chi connectivity index (χ3n) is 2.81. The third kappa shape index (κ3) is 2.19. The molecule has 1 aromatic carbocycles. The Balaban J connectivity index is 1.87. The molecule has 0 spiro atoms. The molecule has 0 aliphatic carbocycles. The molecule has 1 N–H and O–H groups in total. The molecule has 0 amide bonds. The summed E-state index contributed by atoms with van der Waals surface area (Å²) < 4.78 is 11.1. The van der Waals surface area contributed by atoms with E-state index in [-0.39, 0.29) is 0 Å². The van der Waals surface area contributed by atoms with Gasteiger partial charge in [0.25, 0.3) is 0 Å². The molecule has 1 unspecified atom stereocenters. The van der Waals surface area contributed by atoms with Crippen LogP contribution < -0.4 is 9.47 Å². The van der Waals surface area contributed by atoms with Gasteiger partial charge in [-0.05, 0) is 6.07 Å². The average molecular weight is 263 g/mol. The summed E-state index contributed by atoms with van der Waals surface area (Å²) >= 11 is 1.54. The van der Waals surface area contributed by atoms with Crippen molar-refractivity contribution in [3.63, 3.8) is 0 Å². The zero-order valence-corrected chi connectivity index (χ0v) is 10.5. The van der Waals surface area contributed by atoms with Gasteiger partial charge in [-0.25, -0.2) is 4.98 Å². The number of aliphatic hydroxyl groups excluding tert-OH is 1. The molecule has 0 saturated carbocycles. The van der Waals surface area contributed by atoms with Gasteiger partial charge in [0.1, 0.15) is 13.2 Å². The molecule has 18 heavy (non-hydrogen) atoms. The number of hydrogen-bond acceptors (Lipinski definition) is 5. The number of ether oxygens (including phenoxy) is 2. The highest BCUT2D eigenvalue weighted by molar-refractivity contribution is 7.09. The summed E-state index contributed by atoms with van der Waals surface area (Å²) in [5.41, 5.74) is 0.766. The number of aliphatic hydroxyl groups is 1. The highest BCUT2D eigenvalue weighted by atomic mass is 32.1. The number of para-hydroxylation sites is 1. The fraction of sp³-hybridized carbons (Fsp3) is 0.308. The summed E-state index contributed by atoms with van der Waals surface area (Å²) in [7, 11) is 0. The van der Waals surface area contributed by atoms with E-state index >= 15 is 0 Å². The van der Waals surface area contributed by atoms with Gasteiger partial charge in [0.15, 0.2) is 11.5 Å². The van der Waals surface area contributed by atoms with Gasteiger partial charge < -0.3 is 14.6 Å². The quantitative estimate of drug-likeness (QED) is 0.922. The van der Waals surface area contributed by atoms with Crippen LogP contribution in [-0.4, -0.2) is 23.3 Å². The van der Waals surface area contributed by atoms with Crippen molar-refractivity contribution in [1.29, 1.82) is 0 Å². The van der Waals surface area contributed by atoms with Crippen LogP contribution in [0.3, 0.4) is 0 Å². The van der Waals surface area contributed by atoms with E-state index < -0.39 is 6.10 Å². The first kappa shape index (κ1) is 11.5. The zero-order valence-electron chi connectivity index (χ0n) is 9.70. The van der Waals surface area contributed by atoms with E-state index in [1.54, 1.807) is 17.5 Å². The van der Waals surface area contributed by atoms with Crippen LogP contribution >= 0.6 is 11.3 Å². The molecule has 0 saturated heterocycles. The molecule has 1 aromatic heterocycles. The number of aromatic nitrogens is 1. The Labute approximate surface area is 109 Å². The molecule has 0 fully saturated rings. The molecule has 2 aromatic rings. The van der Waals surface area contributed by atoms with Crippen LogP contribution in [0.25, 0.3) is 0 Å². The van der Waals surface area contributed by atoms with Crippen LogP contribution in [0.2, 0.25) is 0 Å². The maximum atomic E-state index is 10.3. The molecule has 1 aliphatic heterocycles. The van der Waals surface area contributed by atoms with Crippen molar-refractivity contribution in [3.05, 3.63) is 40.3 Å². The van der Waals surface area contributed by atoms with Crippen LogP contribution in [0.5, 0.6) is 11.5 Å². The van der Waals surface area contributed by atoms with E-state index in [2.05, 4.69) is 4.98 Å². The normalized spacial score (nSPS) is 15.4. The van der Waals surface area contributed by atoms with E-state index in [4.69, 9.17) is 9.47 Å². The van der Waals surface area contributed by atoms with Crippen molar-refractivity contribution in [1.82, 2.24) is 4.98 Å². The molecular weight excluding hydrogens is 250 g/mol. The second-order valence-corrected chi connectivity index (χ2v) is 5.00. The van der Waals surface area contributed by atoms with Crippen molar-refractivity contribution in [2.24, 2.45) is 0 Å².